The van der Waals surface area contributed by atoms with Gasteiger partial charge in [0, 0.05) is 32.1 Å². The van der Waals surface area contributed by atoms with E-state index in [-0.39, 0.29) is 5.91 Å². The van der Waals surface area contributed by atoms with Crippen molar-refractivity contribution in [2.24, 2.45) is 0 Å². The number of piperazine rings is 1. The Hall–Kier alpha value is -0.610. The van der Waals surface area contributed by atoms with Gasteiger partial charge in [0.1, 0.15) is 0 Å². The van der Waals surface area contributed by atoms with Crippen LogP contribution in [0.5, 0.6) is 0 Å². The molecule has 2 N–H and O–H groups in total. The van der Waals surface area contributed by atoms with Gasteiger partial charge in [-0.2, -0.15) is 0 Å². The quantitative estimate of drug-likeness (QED) is 0.570. The van der Waals surface area contributed by atoms with Crippen LogP contribution in [0.2, 0.25) is 0 Å². The van der Waals surface area contributed by atoms with Gasteiger partial charge in [-0.3, -0.25) is 10.2 Å². The van der Waals surface area contributed by atoms with Gasteiger partial charge in [0.15, 0.2) is 0 Å². The standard InChI is InChI=1S/C8H17N3O/c1-6-7(2)11(5-4-9-6)10-8(3)12/h6-7,9H,4-5H2,1-3H3,(H,10,12). The Balaban J connectivity index is 2.46. The molecule has 0 radical (unpaired) electrons. The van der Waals surface area contributed by atoms with Crippen LogP contribution >= 0.6 is 0 Å². The van der Waals surface area contributed by atoms with E-state index in [1.54, 1.807) is 6.92 Å². The molecule has 4 heteroatoms. The highest BCUT2D eigenvalue weighted by atomic mass is 16.2. The molecular formula is C8H17N3O. The van der Waals surface area contributed by atoms with Crippen LogP contribution in [0, 0.1) is 0 Å². The molecule has 4 nitrogen and oxygen atoms in total. The topological polar surface area (TPSA) is 44.4 Å². The van der Waals surface area contributed by atoms with Crippen molar-refractivity contribution in [3.63, 3.8) is 0 Å². The highest BCUT2D eigenvalue weighted by Gasteiger charge is 2.24. The average molecular weight is 171 g/mol. The zero-order valence-electron chi connectivity index (χ0n) is 7.92. The summed E-state index contributed by atoms with van der Waals surface area (Å²) in [4.78, 5) is 10.8. The van der Waals surface area contributed by atoms with Crippen molar-refractivity contribution in [3.8, 4) is 0 Å². The monoisotopic (exact) mass is 171 g/mol. The minimum Gasteiger partial charge on any atom is -0.311 e. The maximum atomic E-state index is 10.8. The first-order valence-electron chi connectivity index (χ1n) is 4.38. The van der Waals surface area contributed by atoms with Crippen molar-refractivity contribution in [1.82, 2.24) is 15.8 Å². The first-order chi connectivity index (χ1) is 5.61. The van der Waals surface area contributed by atoms with Crippen LogP contribution < -0.4 is 10.7 Å². The Morgan fingerprint density at radius 2 is 2.25 bits per heavy atom. The Bertz CT molecular complexity index is 172. The molecule has 12 heavy (non-hydrogen) atoms. The van der Waals surface area contributed by atoms with Gasteiger partial charge >= 0.3 is 0 Å². The van der Waals surface area contributed by atoms with Gasteiger partial charge in [0.2, 0.25) is 5.91 Å². The van der Waals surface area contributed by atoms with Gasteiger partial charge in [-0.15, -0.1) is 0 Å². The van der Waals surface area contributed by atoms with E-state index in [2.05, 4.69) is 24.6 Å². The molecule has 0 spiro atoms. The summed E-state index contributed by atoms with van der Waals surface area (Å²) in [6.45, 7) is 7.59. The first kappa shape index (κ1) is 9.48. The number of hydrogen-bond acceptors (Lipinski definition) is 3. The molecular weight excluding hydrogens is 154 g/mol. The summed E-state index contributed by atoms with van der Waals surface area (Å²) in [7, 11) is 0. The first-order valence-corrected chi connectivity index (χ1v) is 4.38. The van der Waals surface area contributed by atoms with E-state index in [4.69, 9.17) is 0 Å². The predicted octanol–water partition coefficient (Wildman–Crippen LogP) is -0.280. The second-order valence-electron chi connectivity index (χ2n) is 3.34. The SMILES string of the molecule is CC(=O)NN1CCNC(C)C1C. The summed E-state index contributed by atoms with van der Waals surface area (Å²) >= 11 is 0. The smallest absolute Gasteiger partial charge is 0.231 e. The normalized spacial score (nSPS) is 31.6. The maximum absolute atomic E-state index is 10.8. The average Bonchev–Trinajstić information content (AvgIpc) is 1.98. The van der Waals surface area contributed by atoms with Crippen LogP contribution in [0.3, 0.4) is 0 Å². The lowest BCUT2D eigenvalue weighted by atomic mass is 10.1. The third-order valence-electron chi connectivity index (χ3n) is 2.34. The molecule has 0 aliphatic carbocycles. The minimum absolute atomic E-state index is 0.0101. The summed E-state index contributed by atoms with van der Waals surface area (Å²) in [5, 5.41) is 5.33. The van der Waals surface area contributed by atoms with Crippen molar-refractivity contribution in [3.05, 3.63) is 0 Å². The van der Waals surface area contributed by atoms with Gasteiger partial charge in [-0.1, -0.05) is 0 Å². The molecule has 0 bridgehead atoms. The van der Waals surface area contributed by atoms with Crippen molar-refractivity contribution < 1.29 is 4.79 Å². The molecule has 0 aromatic heterocycles. The molecule has 1 aliphatic heterocycles. The van der Waals surface area contributed by atoms with E-state index >= 15 is 0 Å². The number of rotatable bonds is 1. The molecule has 2 atom stereocenters. The summed E-state index contributed by atoms with van der Waals surface area (Å²) in [5.41, 5.74) is 2.82. The number of hydrogen-bond donors (Lipinski definition) is 2. The number of carbonyl (C=O) groups is 1. The highest BCUT2D eigenvalue weighted by Crippen LogP contribution is 2.04. The van der Waals surface area contributed by atoms with Crippen molar-refractivity contribution in [2.45, 2.75) is 32.9 Å². The summed E-state index contributed by atoms with van der Waals surface area (Å²) in [6, 6.07) is 0.799. The van der Waals surface area contributed by atoms with E-state index in [1.165, 1.54) is 0 Å². The largest absolute Gasteiger partial charge is 0.311 e. The molecule has 1 fully saturated rings. The molecule has 0 saturated carbocycles. The lowest BCUT2D eigenvalue weighted by Gasteiger charge is -2.38. The fourth-order valence-electron chi connectivity index (χ4n) is 1.42. The van der Waals surface area contributed by atoms with E-state index in [0.717, 1.165) is 13.1 Å². The molecule has 1 amide bonds. The summed E-state index contributed by atoms with van der Waals surface area (Å²) in [6.07, 6.45) is 0. The molecule has 1 rings (SSSR count). The van der Waals surface area contributed by atoms with Crippen molar-refractivity contribution >= 4 is 5.91 Å². The van der Waals surface area contributed by atoms with Crippen molar-refractivity contribution in [2.75, 3.05) is 13.1 Å². The van der Waals surface area contributed by atoms with E-state index < -0.39 is 0 Å². The Labute approximate surface area is 73.3 Å². The van der Waals surface area contributed by atoms with Crippen molar-refractivity contribution in [1.29, 1.82) is 0 Å². The fraction of sp³-hybridized carbons (Fsp3) is 0.875. The second kappa shape index (κ2) is 3.87. The van der Waals surface area contributed by atoms with Crippen LogP contribution in [0.4, 0.5) is 0 Å². The van der Waals surface area contributed by atoms with Gasteiger partial charge < -0.3 is 5.32 Å². The van der Waals surface area contributed by atoms with E-state index in [0.29, 0.717) is 12.1 Å². The number of nitrogens with zero attached hydrogens (tertiary/aromatic N) is 1. The lowest BCUT2D eigenvalue weighted by Crippen LogP contribution is -2.60. The van der Waals surface area contributed by atoms with E-state index in [1.807, 2.05) is 5.01 Å². The van der Waals surface area contributed by atoms with Crippen LogP contribution in [0.15, 0.2) is 0 Å². The zero-order chi connectivity index (χ0) is 9.14. The zero-order valence-corrected chi connectivity index (χ0v) is 7.92. The molecule has 70 valence electrons. The van der Waals surface area contributed by atoms with Gasteiger partial charge in [-0.25, -0.2) is 5.01 Å². The lowest BCUT2D eigenvalue weighted by molar-refractivity contribution is -0.125. The van der Waals surface area contributed by atoms with Crippen LogP contribution in [0.25, 0.3) is 0 Å². The number of nitrogens with one attached hydrogen (secondary N) is 2. The Morgan fingerprint density at radius 1 is 1.58 bits per heavy atom. The van der Waals surface area contributed by atoms with E-state index in [9.17, 15) is 4.79 Å². The third kappa shape index (κ3) is 2.19. The third-order valence-corrected chi connectivity index (χ3v) is 2.34. The summed E-state index contributed by atoms with van der Waals surface area (Å²) in [5.74, 6) is 0.0101. The van der Waals surface area contributed by atoms with Gasteiger partial charge in [0.05, 0.1) is 0 Å². The minimum atomic E-state index is 0.0101. The Kier molecular flexibility index (Phi) is 3.05. The molecule has 0 aromatic carbocycles. The second-order valence-corrected chi connectivity index (χ2v) is 3.34. The van der Waals surface area contributed by atoms with Gasteiger partial charge in [0.25, 0.3) is 0 Å². The maximum Gasteiger partial charge on any atom is 0.231 e. The van der Waals surface area contributed by atoms with Crippen LogP contribution in [0.1, 0.15) is 20.8 Å². The Morgan fingerprint density at radius 3 is 2.83 bits per heavy atom. The fourth-order valence-corrected chi connectivity index (χ4v) is 1.42. The highest BCUT2D eigenvalue weighted by molar-refractivity contribution is 5.72. The predicted molar refractivity (Wildman–Crippen MR) is 47.4 cm³/mol. The molecule has 0 aromatic rings. The number of hydrazine groups is 1. The molecule has 1 aliphatic rings. The molecule has 1 heterocycles. The number of carbonyl (C=O) groups excluding carboxylic acids is 1. The molecule has 2 unspecified atom stereocenters. The van der Waals surface area contributed by atoms with Crippen LogP contribution in [-0.4, -0.2) is 36.1 Å². The summed E-state index contributed by atoms with van der Waals surface area (Å²) < 4.78 is 0. The molecule has 1 saturated heterocycles. The van der Waals surface area contributed by atoms with Gasteiger partial charge in [-0.05, 0) is 13.8 Å². The number of amides is 1. The van der Waals surface area contributed by atoms with Crippen LogP contribution in [-0.2, 0) is 4.79 Å².